The Hall–Kier alpha value is -3.06. The van der Waals surface area contributed by atoms with Crippen molar-refractivity contribution in [2.24, 2.45) is 12.2 Å². The van der Waals surface area contributed by atoms with Gasteiger partial charge in [-0.2, -0.15) is 0 Å². The van der Waals surface area contributed by atoms with Crippen LogP contribution >= 0.6 is 11.6 Å². The van der Waals surface area contributed by atoms with E-state index >= 15 is 0 Å². The summed E-state index contributed by atoms with van der Waals surface area (Å²) in [6.45, 7) is 1.92. The number of rotatable bonds is 5. The average Bonchev–Trinajstić information content (AvgIpc) is 2.87. The molecule has 134 valence electrons. The maximum absolute atomic E-state index is 12.2. The Kier molecular flexibility index (Phi) is 5.09. The highest BCUT2D eigenvalue weighted by atomic mass is 35.5. The van der Waals surface area contributed by atoms with Gasteiger partial charge in [-0.3, -0.25) is 0 Å². The van der Waals surface area contributed by atoms with E-state index in [0.29, 0.717) is 11.4 Å². The zero-order chi connectivity index (χ0) is 18.7. The monoisotopic (exact) mass is 372 g/mol. The zero-order valence-electron chi connectivity index (χ0n) is 14.3. The number of aryl methyl sites for hydroxylation is 1. The molecular weight excluding hydrogens is 356 g/mol. The molecule has 0 bridgehead atoms. The Balaban J connectivity index is 1.84. The lowest BCUT2D eigenvalue weighted by Gasteiger charge is -2.09. The molecule has 0 saturated heterocycles. The van der Waals surface area contributed by atoms with Crippen LogP contribution in [-0.2, 0) is 18.5 Å². The normalized spacial score (nSPS) is 11.6. The predicted octanol–water partition coefficient (Wildman–Crippen LogP) is 2.87. The number of aromatic nitrogens is 3. The zero-order valence-corrected chi connectivity index (χ0v) is 15.0. The Bertz CT molecular complexity index is 1020. The molecule has 3 aromatic rings. The van der Waals surface area contributed by atoms with E-state index in [1.54, 1.807) is 37.3 Å². The van der Waals surface area contributed by atoms with Crippen LogP contribution in [0.3, 0.4) is 0 Å². The first-order chi connectivity index (χ1) is 12.5. The molecular formula is C18H17ClN4O3. The van der Waals surface area contributed by atoms with Crippen LogP contribution in [0.4, 0.5) is 0 Å². The molecule has 0 radical (unpaired) electrons. The molecule has 0 aliphatic carbocycles. The molecule has 0 aliphatic heterocycles. The lowest BCUT2D eigenvalue weighted by Crippen LogP contribution is -2.22. The molecule has 0 amide bonds. The second-order valence-electron chi connectivity index (χ2n) is 5.64. The van der Waals surface area contributed by atoms with Crippen molar-refractivity contribution in [2.75, 3.05) is 0 Å². The predicted molar refractivity (Wildman–Crippen MR) is 98.9 cm³/mol. The molecule has 1 N–H and O–H groups in total. The van der Waals surface area contributed by atoms with Crippen LogP contribution in [0.2, 0.25) is 5.28 Å². The van der Waals surface area contributed by atoms with Crippen molar-refractivity contribution in [3.05, 3.63) is 75.4 Å². The lowest BCUT2D eigenvalue weighted by atomic mass is 10.1. The maximum Gasteiger partial charge on any atom is 0.351 e. The van der Waals surface area contributed by atoms with Crippen molar-refractivity contribution in [2.45, 2.75) is 13.5 Å². The fraction of sp³-hybridized carbons (Fsp3) is 0.167. The van der Waals surface area contributed by atoms with Crippen molar-refractivity contribution in [3.8, 4) is 11.4 Å². The molecule has 1 aromatic heterocycles. The van der Waals surface area contributed by atoms with E-state index in [2.05, 4.69) is 10.3 Å². The second-order valence-corrected chi connectivity index (χ2v) is 5.98. The number of oxime groups is 1. The fourth-order valence-electron chi connectivity index (χ4n) is 2.47. The first kappa shape index (κ1) is 17.8. The number of benzene rings is 2. The van der Waals surface area contributed by atoms with Crippen LogP contribution in [-0.4, -0.2) is 25.2 Å². The number of hydrogen-bond donors (Lipinski definition) is 1. The van der Waals surface area contributed by atoms with E-state index in [1.807, 2.05) is 18.2 Å². The molecule has 0 spiro atoms. The molecule has 8 heteroatoms. The highest BCUT2D eigenvalue weighted by molar-refractivity contribution is 6.28. The summed E-state index contributed by atoms with van der Waals surface area (Å²) in [5, 5.41) is 17.6. The number of halogens is 1. The topological polar surface area (TPSA) is 81.6 Å². The Morgan fingerprint density at radius 3 is 2.73 bits per heavy atom. The van der Waals surface area contributed by atoms with Crippen molar-refractivity contribution < 1.29 is 9.94 Å². The van der Waals surface area contributed by atoms with Crippen LogP contribution in [0, 0.1) is 0 Å². The minimum Gasteiger partial charge on any atom is -0.508 e. The third-order valence-electron chi connectivity index (χ3n) is 3.80. The number of phenols is 1. The fourth-order valence-corrected chi connectivity index (χ4v) is 2.75. The van der Waals surface area contributed by atoms with Crippen LogP contribution in [0.25, 0.3) is 5.69 Å². The van der Waals surface area contributed by atoms with Gasteiger partial charge in [0.25, 0.3) is 0 Å². The smallest absolute Gasteiger partial charge is 0.351 e. The van der Waals surface area contributed by atoms with Crippen LogP contribution in [0.1, 0.15) is 18.1 Å². The number of nitrogens with zero attached hydrogens (tertiary/aromatic N) is 4. The molecule has 0 unspecified atom stereocenters. The summed E-state index contributed by atoms with van der Waals surface area (Å²) in [5.41, 5.74) is 2.35. The van der Waals surface area contributed by atoms with Gasteiger partial charge in [-0.25, -0.2) is 14.0 Å². The van der Waals surface area contributed by atoms with E-state index in [0.717, 1.165) is 11.1 Å². The summed E-state index contributed by atoms with van der Waals surface area (Å²) >= 11 is 6.08. The number of phenolic OH excluding ortho intramolecular Hbond substituents is 1. The second kappa shape index (κ2) is 7.45. The van der Waals surface area contributed by atoms with Gasteiger partial charge in [-0.15, -0.1) is 5.10 Å². The molecule has 7 nitrogen and oxygen atoms in total. The van der Waals surface area contributed by atoms with Gasteiger partial charge in [0.2, 0.25) is 5.28 Å². The van der Waals surface area contributed by atoms with E-state index < -0.39 is 0 Å². The molecule has 0 atom stereocenters. The van der Waals surface area contributed by atoms with Crippen molar-refractivity contribution in [1.82, 2.24) is 14.3 Å². The van der Waals surface area contributed by atoms with Crippen molar-refractivity contribution in [3.63, 3.8) is 0 Å². The van der Waals surface area contributed by atoms with Gasteiger partial charge in [0, 0.05) is 18.2 Å². The van der Waals surface area contributed by atoms with Crippen LogP contribution in [0.15, 0.2) is 58.5 Å². The van der Waals surface area contributed by atoms with E-state index in [1.165, 1.54) is 16.3 Å². The Labute approximate surface area is 154 Å². The maximum atomic E-state index is 12.2. The van der Waals surface area contributed by atoms with E-state index in [-0.39, 0.29) is 23.3 Å². The van der Waals surface area contributed by atoms with E-state index in [4.69, 9.17) is 16.4 Å². The van der Waals surface area contributed by atoms with Gasteiger partial charge in [0.1, 0.15) is 12.4 Å². The summed E-state index contributed by atoms with van der Waals surface area (Å²) in [6.07, 6.45) is 0. The van der Waals surface area contributed by atoms with Gasteiger partial charge in [-0.1, -0.05) is 35.5 Å². The quantitative estimate of drug-likeness (QED) is 0.551. The SMILES string of the molecule is CC(=NOCc1ccccc1-n1c(Cl)nn(C)c1=O)c1cccc(O)c1. The Morgan fingerprint density at radius 1 is 1.27 bits per heavy atom. The third kappa shape index (κ3) is 3.62. The molecule has 2 aromatic carbocycles. The van der Waals surface area contributed by atoms with E-state index in [9.17, 15) is 9.90 Å². The summed E-state index contributed by atoms with van der Waals surface area (Å²) in [5.74, 6) is 0.160. The molecule has 0 fully saturated rings. The highest BCUT2D eigenvalue weighted by Crippen LogP contribution is 2.18. The molecule has 26 heavy (non-hydrogen) atoms. The third-order valence-corrected chi connectivity index (χ3v) is 4.05. The van der Waals surface area contributed by atoms with Crippen LogP contribution in [0.5, 0.6) is 5.75 Å². The largest absolute Gasteiger partial charge is 0.508 e. The number of para-hydroxylation sites is 1. The van der Waals surface area contributed by atoms with Crippen molar-refractivity contribution >= 4 is 17.3 Å². The van der Waals surface area contributed by atoms with Gasteiger partial charge in [0.05, 0.1) is 11.4 Å². The van der Waals surface area contributed by atoms with Gasteiger partial charge in [-0.05, 0) is 36.7 Å². The minimum atomic E-state index is -0.345. The molecule has 1 heterocycles. The average molecular weight is 373 g/mol. The molecule has 3 rings (SSSR count). The molecule has 0 aliphatic rings. The van der Waals surface area contributed by atoms with Gasteiger partial charge >= 0.3 is 5.69 Å². The highest BCUT2D eigenvalue weighted by Gasteiger charge is 2.14. The number of hydrogen-bond acceptors (Lipinski definition) is 5. The summed E-state index contributed by atoms with van der Waals surface area (Å²) in [4.78, 5) is 17.7. The van der Waals surface area contributed by atoms with Gasteiger partial charge in [0.15, 0.2) is 0 Å². The summed E-state index contributed by atoms with van der Waals surface area (Å²) < 4.78 is 2.48. The number of aromatic hydroxyl groups is 1. The van der Waals surface area contributed by atoms with Crippen molar-refractivity contribution in [1.29, 1.82) is 0 Å². The standard InChI is InChI=1S/C18H17ClN4O3/c1-12(13-7-5-8-15(24)10-13)21-26-11-14-6-3-4-9-16(14)23-17(19)20-22(2)18(23)25/h3-10,24H,11H2,1-2H3. The first-order valence-electron chi connectivity index (χ1n) is 7.83. The van der Waals surface area contributed by atoms with Gasteiger partial charge < -0.3 is 9.94 Å². The summed E-state index contributed by atoms with van der Waals surface area (Å²) in [7, 11) is 1.53. The Morgan fingerprint density at radius 2 is 2.04 bits per heavy atom. The van der Waals surface area contributed by atoms with Crippen LogP contribution < -0.4 is 5.69 Å². The molecule has 0 saturated carbocycles. The minimum absolute atomic E-state index is 0.0735. The lowest BCUT2D eigenvalue weighted by molar-refractivity contribution is 0.130. The first-order valence-corrected chi connectivity index (χ1v) is 8.21. The summed E-state index contributed by atoms with van der Waals surface area (Å²) in [6, 6.07) is 14.0.